The van der Waals surface area contributed by atoms with Crippen molar-refractivity contribution in [2.45, 2.75) is 26.3 Å². The topological polar surface area (TPSA) is 66.4 Å². The van der Waals surface area contributed by atoms with Gasteiger partial charge in [0.25, 0.3) is 0 Å². The third-order valence-electron chi connectivity index (χ3n) is 2.52. The minimum absolute atomic E-state index is 0.230. The van der Waals surface area contributed by atoms with Crippen LogP contribution in [0.15, 0.2) is 28.7 Å². The molecule has 0 bridgehead atoms. The SMILES string of the molecule is CC(C)C(=O)N[C@H](Cc1ccccc1Br)C(=O)O. The van der Waals surface area contributed by atoms with Crippen molar-refractivity contribution in [3.63, 3.8) is 0 Å². The second kappa shape index (κ2) is 6.54. The highest BCUT2D eigenvalue weighted by Gasteiger charge is 2.22. The molecule has 0 saturated heterocycles. The molecule has 98 valence electrons. The molecule has 0 spiro atoms. The average molecular weight is 314 g/mol. The van der Waals surface area contributed by atoms with Crippen molar-refractivity contribution < 1.29 is 14.7 Å². The maximum Gasteiger partial charge on any atom is 0.326 e. The Bertz CT molecular complexity index is 446. The molecule has 1 rings (SSSR count). The van der Waals surface area contributed by atoms with Gasteiger partial charge in [-0.15, -0.1) is 0 Å². The van der Waals surface area contributed by atoms with E-state index in [-0.39, 0.29) is 18.2 Å². The second-order valence-corrected chi connectivity index (χ2v) is 5.20. The molecule has 5 heteroatoms. The molecule has 18 heavy (non-hydrogen) atoms. The van der Waals surface area contributed by atoms with E-state index in [1.54, 1.807) is 13.8 Å². The molecule has 0 aliphatic rings. The number of carbonyl (C=O) groups is 2. The number of nitrogens with one attached hydrogen (secondary N) is 1. The Balaban J connectivity index is 2.79. The number of rotatable bonds is 5. The van der Waals surface area contributed by atoms with Crippen molar-refractivity contribution in [3.05, 3.63) is 34.3 Å². The van der Waals surface area contributed by atoms with Gasteiger partial charge in [0, 0.05) is 16.8 Å². The fourth-order valence-corrected chi connectivity index (χ4v) is 1.87. The summed E-state index contributed by atoms with van der Waals surface area (Å²) in [5.41, 5.74) is 0.856. The van der Waals surface area contributed by atoms with Crippen LogP contribution in [-0.2, 0) is 16.0 Å². The van der Waals surface area contributed by atoms with Gasteiger partial charge in [-0.05, 0) is 11.6 Å². The minimum atomic E-state index is -1.03. The highest BCUT2D eigenvalue weighted by atomic mass is 79.9. The Labute approximate surface area is 115 Å². The van der Waals surface area contributed by atoms with E-state index in [1.807, 2.05) is 24.3 Å². The molecular formula is C13H16BrNO3. The Kier molecular flexibility index (Phi) is 5.34. The largest absolute Gasteiger partial charge is 0.480 e. The van der Waals surface area contributed by atoms with Gasteiger partial charge >= 0.3 is 5.97 Å². The smallest absolute Gasteiger partial charge is 0.326 e. The maximum absolute atomic E-state index is 11.5. The van der Waals surface area contributed by atoms with E-state index in [9.17, 15) is 9.59 Å². The molecule has 1 aromatic rings. The van der Waals surface area contributed by atoms with Crippen LogP contribution in [0, 0.1) is 5.92 Å². The van der Waals surface area contributed by atoms with Gasteiger partial charge in [0.15, 0.2) is 0 Å². The predicted octanol–water partition coefficient (Wildman–Crippen LogP) is 2.22. The number of benzene rings is 1. The monoisotopic (exact) mass is 313 g/mol. The standard InChI is InChI=1S/C13H16BrNO3/c1-8(2)12(16)15-11(13(17)18)7-9-5-3-4-6-10(9)14/h3-6,8,11H,7H2,1-2H3,(H,15,16)(H,17,18)/t11-/m1/s1. The van der Waals surface area contributed by atoms with Gasteiger partial charge in [-0.25, -0.2) is 4.79 Å². The summed E-state index contributed by atoms with van der Waals surface area (Å²) in [5.74, 6) is -1.51. The second-order valence-electron chi connectivity index (χ2n) is 4.35. The summed E-state index contributed by atoms with van der Waals surface area (Å²) in [5, 5.41) is 11.7. The quantitative estimate of drug-likeness (QED) is 0.876. The molecule has 0 fully saturated rings. The number of carboxylic acids is 1. The Hall–Kier alpha value is -1.36. The molecular weight excluding hydrogens is 298 g/mol. The van der Waals surface area contributed by atoms with Gasteiger partial charge in [0.1, 0.15) is 6.04 Å². The van der Waals surface area contributed by atoms with Crippen molar-refractivity contribution in [3.8, 4) is 0 Å². The number of carbonyl (C=O) groups excluding carboxylic acids is 1. The molecule has 1 aromatic carbocycles. The van der Waals surface area contributed by atoms with Crippen LogP contribution in [0.25, 0.3) is 0 Å². The average Bonchev–Trinajstić information content (AvgIpc) is 2.30. The molecule has 1 amide bonds. The number of amides is 1. The lowest BCUT2D eigenvalue weighted by atomic mass is 10.1. The molecule has 0 aliphatic heterocycles. The highest BCUT2D eigenvalue weighted by Crippen LogP contribution is 2.17. The summed E-state index contributed by atoms with van der Waals surface area (Å²) in [6, 6.07) is 6.47. The van der Waals surface area contributed by atoms with Crippen LogP contribution in [0.2, 0.25) is 0 Å². The van der Waals surface area contributed by atoms with Gasteiger partial charge < -0.3 is 10.4 Å². The number of aliphatic carboxylic acids is 1. The van der Waals surface area contributed by atoms with Crippen LogP contribution >= 0.6 is 15.9 Å². The molecule has 0 aromatic heterocycles. The first-order chi connectivity index (χ1) is 8.41. The summed E-state index contributed by atoms with van der Waals surface area (Å²) in [6.45, 7) is 3.46. The Morgan fingerprint density at radius 2 is 1.94 bits per heavy atom. The molecule has 2 N–H and O–H groups in total. The van der Waals surface area contributed by atoms with Crippen molar-refractivity contribution in [2.75, 3.05) is 0 Å². The van der Waals surface area contributed by atoms with E-state index >= 15 is 0 Å². The lowest BCUT2D eigenvalue weighted by Crippen LogP contribution is -2.44. The van der Waals surface area contributed by atoms with Gasteiger partial charge in [0.2, 0.25) is 5.91 Å². The van der Waals surface area contributed by atoms with Gasteiger partial charge in [-0.1, -0.05) is 48.0 Å². The van der Waals surface area contributed by atoms with Crippen LogP contribution in [0.4, 0.5) is 0 Å². The van der Waals surface area contributed by atoms with E-state index < -0.39 is 12.0 Å². The molecule has 0 aliphatic carbocycles. The summed E-state index contributed by atoms with van der Waals surface area (Å²) >= 11 is 3.36. The summed E-state index contributed by atoms with van der Waals surface area (Å²) in [4.78, 5) is 22.7. The van der Waals surface area contributed by atoms with E-state index in [4.69, 9.17) is 5.11 Å². The van der Waals surface area contributed by atoms with Gasteiger partial charge in [-0.2, -0.15) is 0 Å². The number of halogens is 1. The molecule has 0 saturated carbocycles. The van der Waals surface area contributed by atoms with Crippen LogP contribution in [0.5, 0.6) is 0 Å². The molecule has 0 heterocycles. The zero-order chi connectivity index (χ0) is 13.7. The fourth-order valence-electron chi connectivity index (χ4n) is 1.42. The summed E-state index contributed by atoms with van der Waals surface area (Å²) in [7, 11) is 0. The van der Waals surface area contributed by atoms with Crippen LogP contribution < -0.4 is 5.32 Å². The highest BCUT2D eigenvalue weighted by molar-refractivity contribution is 9.10. The van der Waals surface area contributed by atoms with Crippen molar-refractivity contribution in [2.24, 2.45) is 5.92 Å². The lowest BCUT2D eigenvalue weighted by Gasteiger charge is -2.16. The molecule has 4 nitrogen and oxygen atoms in total. The van der Waals surface area contributed by atoms with E-state index in [1.165, 1.54) is 0 Å². The first-order valence-electron chi connectivity index (χ1n) is 5.68. The third-order valence-corrected chi connectivity index (χ3v) is 3.29. The fraction of sp³-hybridized carbons (Fsp3) is 0.385. The van der Waals surface area contributed by atoms with Gasteiger partial charge in [0.05, 0.1) is 0 Å². The first-order valence-corrected chi connectivity index (χ1v) is 6.47. The summed E-state index contributed by atoms with van der Waals surface area (Å²) in [6.07, 6.45) is 0.259. The molecule has 0 unspecified atom stereocenters. The van der Waals surface area contributed by atoms with E-state index in [2.05, 4.69) is 21.2 Å². The first kappa shape index (κ1) is 14.7. The van der Waals surface area contributed by atoms with Crippen molar-refractivity contribution >= 4 is 27.8 Å². The van der Waals surface area contributed by atoms with Crippen LogP contribution in [0.1, 0.15) is 19.4 Å². The maximum atomic E-state index is 11.5. The Morgan fingerprint density at radius 1 is 1.33 bits per heavy atom. The number of hydrogen-bond acceptors (Lipinski definition) is 2. The normalized spacial score (nSPS) is 12.2. The van der Waals surface area contributed by atoms with E-state index in [0.717, 1.165) is 10.0 Å². The molecule has 0 radical (unpaired) electrons. The summed E-state index contributed by atoms with van der Waals surface area (Å²) < 4.78 is 0.843. The minimum Gasteiger partial charge on any atom is -0.480 e. The number of carboxylic acid groups (broad SMARTS) is 1. The zero-order valence-corrected chi connectivity index (χ0v) is 11.9. The zero-order valence-electron chi connectivity index (χ0n) is 10.3. The lowest BCUT2D eigenvalue weighted by molar-refractivity contribution is -0.142. The van der Waals surface area contributed by atoms with Crippen LogP contribution in [0.3, 0.4) is 0 Å². The molecule has 1 atom stereocenters. The van der Waals surface area contributed by atoms with Gasteiger partial charge in [-0.3, -0.25) is 4.79 Å². The van der Waals surface area contributed by atoms with Crippen molar-refractivity contribution in [1.82, 2.24) is 5.32 Å². The van der Waals surface area contributed by atoms with E-state index in [0.29, 0.717) is 0 Å². The Morgan fingerprint density at radius 3 is 2.44 bits per heavy atom. The third kappa shape index (κ3) is 4.14. The van der Waals surface area contributed by atoms with Crippen LogP contribution in [-0.4, -0.2) is 23.0 Å². The van der Waals surface area contributed by atoms with Crippen molar-refractivity contribution in [1.29, 1.82) is 0 Å². The predicted molar refractivity (Wildman–Crippen MR) is 72.3 cm³/mol. The number of hydrogen-bond donors (Lipinski definition) is 2.